The van der Waals surface area contributed by atoms with Gasteiger partial charge in [0.25, 0.3) is 0 Å². The molecule has 1 aromatic rings. The minimum Gasteiger partial charge on any atom is -0.497 e. The molecule has 2 atom stereocenters. The molecule has 0 aromatic heterocycles. The first kappa shape index (κ1) is 14.6. The van der Waals surface area contributed by atoms with E-state index in [9.17, 15) is 4.79 Å². The minimum atomic E-state index is 0.0300. The van der Waals surface area contributed by atoms with E-state index < -0.39 is 0 Å². The molecule has 2 bridgehead atoms. The number of carbonyl (C=O) groups is 1. The Morgan fingerprint density at radius 3 is 2.19 bits per heavy atom. The van der Waals surface area contributed by atoms with Gasteiger partial charge in [0.05, 0.1) is 7.11 Å². The van der Waals surface area contributed by atoms with Crippen molar-refractivity contribution >= 4 is 5.78 Å². The molecule has 114 valence electrons. The van der Waals surface area contributed by atoms with Crippen LogP contribution in [0.1, 0.15) is 51.5 Å². The molecule has 2 fully saturated rings. The second kappa shape index (κ2) is 5.13. The number of fused-ring (bicyclic) bond motifs is 2. The number of carbonyl (C=O) groups excluding carboxylic acids is 1. The van der Waals surface area contributed by atoms with E-state index in [4.69, 9.17) is 4.74 Å². The van der Waals surface area contributed by atoms with Crippen molar-refractivity contribution in [3.8, 4) is 5.75 Å². The number of hydrogen-bond acceptors (Lipinski definition) is 3. The molecule has 0 amide bonds. The van der Waals surface area contributed by atoms with Crippen LogP contribution in [-0.2, 0) is 11.3 Å². The van der Waals surface area contributed by atoms with Crippen LogP contribution in [0.3, 0.4) is 0 Å². The minimum absolute atomic E-state index is 0.0300. The highest BCUT2D eigenvalue weighted by molar-refractivity contribution is 5.82. The van der Waals surface area contributed by atoms with Gasteiger partial charge in [0.2, 0.25) is 0 Å². The second-order valence-electron chi connectivity index (χ2n) is 7.17. The number of piperidine rings is 2. The average molecular weight is 287 g/mol. The van der Waals surface area contributed by atoms with Gasteiger partial charge in [0, 0.05) is 30.5 Å². The fraction of sp³-hybridized carbons (Fsp3) is 0.611. The van der Waals surface area contributed by atoms with Gasteiger partial charge in [-0.3, -0.25) is 9.69 Å². The Morgan fingerprint density at radius 1 is 1.10 bits per heavy atom. The smallest absolute Gasteiger partial charge is 0.136 e. The highest BCUT2D eigenvalue weighted by Gasteiger charge is 2.51. The van der Waals surface area contributed by atoms with E-state index in [-0.39, 0.29) is 11.1 Å². The van der Waals surface area contributed by atoms with Crippen molar-refractivity contribution in [1.29, 1.82) is 0 Å². The number of benzene rings is 1. The van der Waals surface area contributed by atoms with E-state index in [1.54, 1.807) is 7.11 Å². The van der Waals surface area contributed by atoms with Gasteiger partial charge in [-0.15, -0.1) is 0 Å². The summed E-state index contributed by atoms with van der Waals surface area (Å²) in [4.78, 5) is 14.7. The lowest BCUT2D eigenvalue weighted by Crippen LogP contribution is -2.65. The van der Waals surface area contributed by atoms with Crippen LogP contribution in [0.5, 0.6) is 5.75 Å². The number of Topliss-reactive ketones (excluding diaryl/α,β-unsaturated/α-hetero) is 1. The monoisotopic (exact) mass is 287 g/mol. The molecular weight excluding hydrogens is 262 g/mol. The summed E-state index contributed by atoms with van der Waals surface area (Å²) in [5, 5.41) is 0. The maximum absolute atomic E-state index is 12.1. The normalized spacial score (nSPS) is 33.0. The average Bonchev–Trinajstić information content (AvgIpc) is 2.42. The Bertz CT molecular complexity index is 517. The van der Waals surface area contributed by atoms with Crippen LogP contribution in [0.4, 0.5) is 0 Å². The van der Waals surface area contributed by atoms with E-state index in [0.717, 1.165) is 25.1 Å². The predicted octanol–water partition coefficient (Wildman–Crippen LogP) is 3.56. The third kappa shape index (κ3) is 2.59. The summed E-state index contributed by atoms with van der Waals surface area (Å²) < 4.78 is 5.23. The molecule has 0 aliphatic carbocycles. The summed E-state index contributed by atoms with van der Waals surface area (Å²) in [5.41, 5.74) is 1.36. The standard InChI is InChI=1S/C18H25NO2/c1-17-9-4-10-18(2,12-15(20)11-17)19(17)13-14-5-7-16(21-3)8-6-14/h5-8H,4,9-13H2,1-3H3. The van der Waals surface area contributed by atoms with Crippen molar-refractivity contribution in [2.75, 3.05) is 7.11 Å². The largest absolute Gasteiger partial charge is 0.497 e. The first-order chi connectivity index (χ1) is 9.95. The highest BCUT2D eigenvalue weighted by Crippen LogP contribution is 2.47. The van der Waals surface area contributed by atoms with Gasteiger partial charge in [-0.05, 0) is 50.8 Å². The number of methoxy groups -OCH3 is 1. The Balaban J connectivity index is 1.86. The third-order valence-corrected chi connectivity index (χ3v) is 5.39. The zero-order valence-corrected chi connectivity index (χ0v) is 13.3. The predicted molar refractivity (Wildman–Crippen MR) is 83.4 cm³/mol. The number of rotatable bonds is 3. The lowest BCUT2D eigenvalue weighted by molar-refractivity contribution is -0.144. The lowest BCUT2D eigenvalue weighted by Gasteiger charge is -2.58. The van der Waals surface area contributed by atoms with E-state index in [1.165, 1.54) is 12.0 Å². The first-order valence-corrected chi connectivity index (χ1v) is 7.88. The molecule has 0 N–H and O–H groups in total. The fourth-order valence-corrected chi connectivity index (χ4v) is 4.35. The molecule has 2 heterocycles. The van der Waals surface area contributed by atoms with Gasteiger partial charge in [0.15, 0.2) is 0 Å². The highest BCUT2D eigenvalue weighted by atomic mass is 16.5. The maximum Gasteiger partial charge on any atom is 0.136 e. The molecule has 2 saturated heterocycles. The number of nitrogens with zero attached hydrogens (tertiary/aromatic N) is 1. The molecule has 2 aliphatic rings. The quantitative estimate of drug-likeness (QED) is 0.851. The molecule has 3 rings (SSSR count). The van der Waals surface area contributed by atoms with Crippen molar-refractivity contribution in [2.45, 2.75) is 63.6 Å². The molecule has 3 nitrogen and oxygen atoms in total. The van der Waals surface area contributed by atoms with Crippen LogP contribution < -0.4 is 4.74 Å². The van der Waals surface area contributed by atoms with Gasteiger partial charge in [-0.1, -0.05) is 12.1 Å². The fourth-order valence-electron chi connectivity index (χ4n) is 4.35. The summed E-state index contributed by atoms with van der Waals surface area (Å²) in [6.45, 7) is 5.46. The lowest BCUT2D eigenvalue weighted by atomic mass is 9.68. The van der Waals surface area contributed by atoms with Crippen LogP contribution in [0, 0.1) is 0 Å². The summed E-state index contributed by atoms with van der Waals surface area (Å²) in [6.07, 6.45) is 4.91. The molecule has 21 heavy (non-hydrogen) atoms. The Kier molecular flexibility index (Phi) is 3.56. The topological polar surface area (TPSA) is 29.5 Å². The zero-order chi connectivity index (χ0) is 15.1. The molecule has 0 saturated carbocycles. The van der Waals surface area contributed by atoms with E-state index in [2.05, 4.69) is 30.9 Å². The van der Waals surface area contributed by atoms with Crippen LogP contribution >= 0.6 is 0 Å². The van der Waals surface area contributed by atoms with Crippen LogP contribution in [-0.4, -0.2) is 28.9 Å². The summed E-state index contributed by atoms with van der Waals surface area (Å²) in [6, 6.07) is 8.31. The van der Waals surface area contributed by atoms with Gasteiger partial charge >= 0.3 is 0 Å². The number of ether oxygens (including phenoxy) is 1. The third-order valence-electron chi connectivity index (χ3n) is 5.39. The van der Waals surface area contributed by atoms with Crippen molar-refractivity contribution in [3.63, 3.8) is 0 Å². The van der Waals surface area contributed by atoms with E-state index in [0.29, 0.717) is 18.6 Å². The number of hydrogen-bond donors (Lipinski definition) is 0. The summed E-state index contributed by atoms with van der Waals surface area (Å²) in [5.74, 6) is 1.33. The number of ketones is 1. The van der Waals surface area contributed by atoms with Crippen molar-refractivity contribution < 1.29 is 9.53 Å². The van der Waals surface area contributed by atoms with E-state index >= 15 is 0 Å². The zero-order valence-electron chi connectivity index (χ0n) is 13.3. The van der Waals surface area contributed by atoms with Crippen LogP contribution in [0.25, 0.3) is 0 Å². The molecule has 2 aliphatic heterocycles. The SMILES string of the molecule is COc1ccc(CN2C3(C)CCCC2(C)CC(=O)C3)cc1. The van der Waals surface area contributed by atoms with Crippen molar-refractivity contribution in [1.82, 2.24) is 4.90 Å². The van der Waals surface area contributed by atoms with E-state index in [1.807, 2.05) is 12.1 Å². The van der Waals surface area contributed by atoms with Gasteiger partial charge < -0.3 is 4.74 Å². The van der Waals surface area contributed by atoms with Crippen LogP contribution in [0.15, 0.2) is 24.3 Å². The second-order valence-corrected chi connectivity index (χ2v) is 7.17. The van der Waals surface area contributed by atoms with Gasteiger partial charge in [0.1, 0.15) is 11.5 Å². The molecular formula is C18H25NO2. The van der Waals surface area contributed by atoms with Crippen molar-refractivity contribution in [2.24, 2.45) is 0 Å². The Morgan fingerprint density at radius 2 is 1.67 bits per heavy atom. The molecule has 2 unspecified atom stereocenters. The van der Waals surface area contributed by atoms with Gasteiger partial charge in [-0.2, -0.15) is 0 Å². The molecule has 1 aromatic carbocycles. The molecule has 0 radical (unpaired) electrons. The Hall–Kier alpha value is -1.35. The summed E-state index contributed by atoms with van der Waals surface area (Å²) >= 11 is 0. The maximum atomic E-state index is 12.1. The van der Waals surface area contributed by atoms with Crippen molar-refractivity contribution in [3.05, 3.63) is 29.8 Å². The van der Waals surface area contributed by atoms with Gasteiger partial charge in [-0.25, -0.2) is 0 Å². The molecule has 0 spiro atoms. The first-order valence-electron chi connectivity index (χ1n) is 7.88. The Labute approximate surface area is 127 Å². The molecule has 3 heteroatoms. The van der Waals surface area contributed by atoms with Crippen LogP contribution in [0.2, 0.25) is 0 Å². The summed E-state index contributed by atoms with van der Waals surface area (Å²) in [7, 11) is 1.69.